The fourth-order valence-electron chi connectivity index (χ4n) is 3.04. The molecule has 0 aliphatic rings. The number of carbonyl (C=O) groups excluding carboxylic acids is 1. The number of halogens is 1. The molecule has 0 saturated carbocycles. The molecule has 0 unspecified atom stereocenters. The molecular formula is C22H24FNO2. The Morgan fingerprint density at radius 2 is 1.69 bits per heavy atom. The number of aromatic nitrogens is 1. The summed E-state index contributed by atoms with van der Waals surface area (Å²) in [6, 6.07) is 16.2. The van der Waals surface area contributed by atoms with Crippen molar-refractivity contribution in [1.29, 1.82) is 0 Å². The van der Waals surface area contributed by atoms with Crippen molar-refractivity contribution in [3.8, 4) is 11.3 Å². The van der Waals surface area contributed by atoms with Crippen molar-refractivity contribution in [1.82, 2.24) is 4.98 Å². The summed E-state index contributed by atoms with van der Waals surface area (Å²) in [7, 11) is 0. The predicted octanol–water partition coefficient (Wildman–Crippen LogP) is 5.84. The molecule has 0 atom stereocenters. The summed E-state index contributed by atoms with van der Waals surface area (Å²) in [4.78, 5) is 18.6. The number of benzene rings is 2. The van der Waals surface area contributed by atoms with Crippen molar-refractivity contribution >= 4 is 16.9 Å². The summed E-state index contributed by atoms with van der Waals surface area (Å²) in [5.41, 5.74) is 4.09. The maximum Gasteiger partial charge on any atom is 0.358 e. The molecule has 4 heteroatoms. The van der Waals surface area contributed by atoms with Crippen molar-refractivity contribution in [2.75, 3.05) is 0 Å². The molecular weight excluding hydrogens is 329 g/mol. The van der Waals surface area contributed by atoms with Crippen LogP contribution in [0.3, 0.4) is 0 Å². The summed E-state index contributed by atoms with van der Waals surface area (Å²) in [6.45, 7) is 9.87. The lowest BCUT2D eigenvalue weighted by Crippen LogP contribution is -2.29. The molecule has 26 heavy (non-hydrogen) atoms. The normalized spacial score (nSPS) is 12.4. The van der Waals surface area contributed by atoms with E-state index < -0.39 is 11.4 Å². The Balaban J connectivity index is 2.05. The molecule has 0 saturated heterocycles. The van der Waals surface area contributed by atoms with Crippen LogP contribution in [0.1, 0.15) is 45.7 Å². The van der Waals surface area contributed by atoms with Crippen molar-refractivity contribution in [2.45, 2.75) is 45.4 Å². The van der Waals surface area contributed by atoms with Crippen LogP contribution >= 0.6 is 0 Å². The molecule has 0 spiro atoms. The number of nitrogens with one attached hydrogen (secondary N) is 1. The van der Waals surface area contributed by atoms with Gasteiger partial charge in [-0.2, -0.15) is 0 Å². The fraction of sp³-hybridized carbons (Fsp3) is 0.318. The van der Waals surface area contributed by atoms with E-state index in [0.29, 0.717) is 5.56 Å². The van der Waals surface area contributed by atoms with E-state index >= 15 is 0 Å². The van der Waals surface area contributed by atoms with Gasteiger partial charge in [-0.05, 0) is 60.2 Å². The third-order valence-electron chi connectivity index (χ3n) is 4.96. The second kappa shape index (κ2) is 6.27. The number of aromatic amines is 1. The smallest absolute Gasteiger partial charge is 0.355 e. The maximum absolute atomic E-state index is 12.4. The standard InChI is InChI=1S/C22H24FNO2/c1-21(2,3)16-8-6-7-14(11-16)19-13-15-12-17(9-10-18(15)24-19)22(4,5)20(25)26-23/h6-13,24H,1-5H3. The van der Waals surface area contributed by atoms with Crippen molar-refractivity contribution in [3.63, 3.8) is 0 Å². The minimum atomic E-state index is -1.05. The lowest BCUT2D eigenvalue weighted by atomic mass is 9.84. The van der Waals surface area contributed by atoms with Crippen molar-refractivity contribution in [2.24, 2.45) is 0 Å². The molecule has 3 aromatic rings. The second-order valence-corrected chi connectivity index (χ2v) is 8.31. The van der Waals surface area contributed by atoms with E-state index in [1.54, 1.807) is 13.8 Å². The molecule has 1 N–H and O–H groups in total. The molecule has 1 aromatic heterocycles. The number of rotatable bonds is 3. The van der Waals surface area contributed by atoms with Crippen molar-refractivity contribution in [3.05, 3.63) is 59.7 Å². The van der Waals surface area contributed by atoms with Crippen LogP contribution < -0.4 is 0 Å². The van der Waals surface area contributed by atoms with Crippen LogP contribution in [0.25, 0.3) is 22.2 Å². The predicted molar refractivity (Wildman–Crippen MR) is 103 cm³/mol. The Hall–Kier alpha value is -2.62. The fourth-order valence-corrected chi connectivity index (χ4v) is 3.04. The zero-order chi connectivity index (χ0) is 19.1. The van der Waals surface area contributed by atoms with Gasteiger partial charge in [-0.25, -0.2) is 4.79 Å². The topological polar surface area (TPSA) is 42.1 Å². The largest absolute Gasteiger partial charge is 0.358 e. The van der Waals surface area contributed by atoms with Crippen LogP contribution in [0.15, 0.2) is 48.5 Å². The highest BCUT2D eigenvalue weighted by atomic mass is 19.3. The minimum absolute atomic E-state index is 0.0753. The number of H-pyrrole nitrogens is 1. The van der Waals surface area contributed by atoms with E-state index in [1.807, 2.05) is 18.2 Å². The number of hydrogen-bond acceptors (Lipinski definition) is 2. The zero-order valence-electron chi connectivity index (χ0n) is 15.8. The molecule has 3 nitrogen and oxygen atoms in total. The van der Waals surface area contributed by atoms with Crippen LogP contribution in [-0.2, 0) is 20.6 Å². The third-order valence-corrected chi connectivity index (χ3v) is 4.96. The van der Waals surface area contributed by atoms with E-state index in [4.69, 9.17) is 0 Å². The van der Waals surface area contributed by atoms with E-state index in [-0.39, 0.29) is 5.41 Å². The maximum atomic E-state index is 12.4. The van der Waals surface area contributed by atoms with E-state index in [0.717, 1.165) is 22.2 Å². The Kier molecular flexibility index (Phi) is 4.39. The first-order chi connectivity index (χ1) is 12.1. The van der Waals surface area contributed by atoms with Gasteiger partial charge in [0.2, 0.25) is 0 Å². The van der Waals surface area contributed by atoms with Gasteiger partial charge in [0.05, 0.1) is 5.41 Å². The average Bonchev–Trinajstić information content (AvgIpc) is 3.03. The minimum Gasteiger partial charge on any atom is -0.355 e. The molecule has 136 valence electrons. The van der Waals surface area contributed by atoms with Gasteiger partial charge in [-0.3, -0.25) is 4.94 Å². The Labute approximate surface area is 153 Å². The molecule has 1 heterocycles. The highest BCUT2D eigenvalue weighted by molar-refractivity contribution is 5.89. The first-order valence-corrected chi connectivity index (χ1v) is 8.70. The van der Waals surface area contributed by atoms with Gasteiger partial charge >= 0.3 is 5.97 Å². The van der Waals surface area contributed by atoms with Crippen LogP contribution in [0, 0.1) is 0 Å². The molecule has 0 radical (unpaired) electrons. The molecule has 0 bridgehead atoms. The summed E-state index contributed by atoms with van der Waals surface area (Å²) in [6.07, 6.45) is 0. The molecule has 0 amide bonds. The Morgan fingerprint density at radius 1 is 0.962 bits per heavy atom. The SMILES string of the molecule is CC(C)(C)c1cccc(-c2cc3cc(C(C)(C)C(=O)OF)ccc3[nH]2)c1. The monoisotopic (exact) mass is 353 g/mol. The van der Waals surface area contributed by atoms with Gasteiger partial charge < -0.3 is 4.98 Å². The Morgan fingerprint density at radius 3 is 2.35 bits per heavy atom. The highest BCUT2D eigenvalue weighted by Gasteiger charge is 2.33. The first kappa shape index (κ1) is 18.2. The molecule has 0 aliphatic heterocycles. The third kappa shape index (κ3) is 3.24. The van der Waals surface area contributed by atoms with Gasteiger partial charge in [0, 0.05) is 21.1 Å². The van der Waals surface area contributed by atoms with Gasteiger partial charge in [0.15, 0.2) is 0 Å². The van der Waals surface area contributed by atoms with Gasteiger partial charge in [0.25, 0.3) is 0 Å². The quantitative estimate of drug-likeness (QED) is 0.643. The lowest BCUT2D eigenvalue weighted by Gasteiger charge is -2.19. The number of hydrogen-bond donors (Lipinski definition) is 1. The molecule has 2 aromatic carbocycles. The highest BCUT2D eigenvalue weighted by Crippen LogP contribution is 2.32. The number of fused-ring (bicyclic) bond motifs is 1. The van der Waals surface area contributed by atoms with Crippen LogP contribution in [0.2, 0.25) is 0 Å². The van der Waals surface area contributed by atoms with E-state index in [2.05, 4.69) is 61.0 Å². The molecule has 0 aliphatic carbocycles. The van der Waals surface area contributed by atoms with Gasteiger partial charge in [-0.15, -0.1) is 0 Å². The summed E-state index contributed by atoms with van der Waals surface area (Å²) >= 11 is 0. The average molecular weight is 353 g/mol. The molecule has 3 rings (SSSR count). The Bertz CT molecular complexity index is 964. The molecule has 0 fully saturated rings. The van der Waals surface area contributed by atoms with E-state index in [1.165, 1.54) is 5.56 Å². The van der Waals surface area contributed by atoms with Crippen LogP contribution in [0.5, 0.6) is 0 Å². The van der Waals surface area contributed by atoms with Gasteiger partial charge in [0.1, 0.15) is 0 Å². The van der Waals surface area contributed by atoms with Gasteiger partial charge in [-0.1, -0.05) is 45.0 Å². The summed E-state index contributed by atoms with van der Waals surface area (Å²) in [5, 5.41) is 0.971. The number of carbonyl (C=O) groups is 1. The van der Waals surface area contributed by atoms with E-state index in [9.17, 15) is 9.32 Å². The summed E-state index contributed by atoms with van der Waals surface area (Å²) < 4.78 is 12.4. The summed E-state index contributed by atoms with van der Waals surface area (Å²) in [5.74, 6) is -0.898. The zero-order valence-corrected chi connectivity index (χ0v) is 15.8. The van der Waals surface area contributed by atoms with Crippen LogP contribution in [-0.4, -0.2) is 11.0 Å². The second-order valence-electron chi connectivity index (χ2n) is 8.31. The van der Waals surface area contributed by atoms with Crippen LogP contribution in [0.4, 0.5) is 4.53 Å². The van der Waals surface area contributed by atoms with Crippen molar-refractivity contribution < 1.29 is 14.3 Å². The first-order valence-electron chi connectivity index (χ1n) is 8.70. The lowest BCUT2D eigenvalue weighted by molar-refractivity contribution is -0.190.